The molecule has 0 radical (unpaired) electrons. The molecule has 80 valence electrons. The van der Waals surface area contributed by atoms with Crippen LogP contribution in [0.3, 0.4) is 0 Å². The molecule has 1 atom stereocenters. The van der Waals surface area contributed by atoms with Crippen molar-refractivity contribution >= 4 is 18.1 Å². The summed E-state index contributed by atoms with van der Waals surface area (Å²) in [4.78, 5) is 16.3. The molecule has 4 heteroatoms. The summed E-state index contributed by atoms with van der Waals surface area (Å²) in [5.41, 5.74) is 1.07. The van der Waals surface area contributed by atoms with Gasteiger partial charge in [-0.1, -0.05) is 18.3 Å². The van der Waals surface area contributed by atoms with Gasteiger partial charge < -0.3 is 9.88 Å². The maximum absolute atomic E-state index is 11.4. The van der Waals surface area contributed by atoms with E-state index in [1.165, 1.54) is 0 Å². The molecule has 0 aliphatic carbocycles. The molecule has 2 rings (SSSR count). The Morgan fingerprint density at radius 1 is 1.67 bits per heavy atom. The van der Waals surface area contributed by atoms with Gasteiger partial charge in [0.1, 0.15) is 4.64 Å². The minimum atomic E-state index is 0.135. The molecule has 0 aromatic carbocycles. The fourth-order valence-corrected chi connectivity index (χ4v) is 2.44. The van der Waals surface area contributed by atoms with Gasteiger partial charge in [0.25, 0.3) is 0 Å². The lowest BCUT2D eigenvalue weighted by Crippen LogP contribution is -2.28. The van der Waals surface area contributed by atoms with Crippen LogP contribution in [0, 0.1) is 4.64 Å². The second-order valence-electron chi connectivity index (χ2n) is 3.83. The number of hydrogen-bond acceptors (Lipinski definition) is 2. The summed E-state index contributed by atoms with van der Waals surface area (Å²) in [6, 6.07) is 4.11. The van der Waals surface area contributed by atoms with Gasteiger partial charge in [0.2, 0.25) is 5.91 Å². The van der Waals surface area contributed by atoms with E-state index in [1.54, 1.807) is 6.92 Å². The van der Waals surface area contributed by atoms with Gasteiger partial charge in [-0.25, -0.2) is 0 Å². The number of nitrogens with zero attached hydrogens (tertiary/aromatic N) is 1. The van der Waals surface area contributed by atoms with Crippen LogP contribution in [0.4, 0.5) is 0 Å². The number of carbonyl (C=O) groups excluding carboxylic acids is 1. The molecular formula is C11H14N2OS. The molecular weight excluding hydrogens is 208 g/mol. The predicted octanol–water partition coefficient (Wildman–Crippen LogP) is 2.43. The van der Waals surface area contributed by atoms with Crippen molar-refractivity contribution in [3.8, 4) is 0 Å². The van der Waals surface area contributed by atoms with E-state index < -0.39 is 0 Å². The average molecular weight is 222 g/mol. The van der Waals surface area contributed by atoms with Crippen LogP contribution in [0.5, 0.6) is 0 Å². The molecule has 1 aromatic heterocycles. The summed E-state index contributed by atoms with van der Waals surface area (Å²) in [6.45, 7) is 2.47. The Bertz CT molecular complexity index is 427. The van der Waals surface area contributed by atoms with Crippen molar-refractivity contribution in [2.24, 2.45) is 0 Å². The Kier molecular flexibility index (Phi) is 2.86. The van der Waals surface area contributed by atoms with Crippen LogP contribution in [0.15, 0.2) is 18.3 Å². The zero-order valence-corrected chi connectivity index (χ0v) is 9.51. The molecule has 15 heavy (non-hydrogen) atoms. The third kappa shape index (κ3) is 1.95. The van der Waals surface area contributed by atoms with Crippen LogP contribution in [-0.4, -0.2) is 22.3 Å². The molecule has 1 amide bonds. The maximum Gasteiger partial charge on any atom is 0.219 e. The molecule has 0 spiro atoms. The molecule has 1 saturated heterocycles. The van der Waals surface area contributed by atoms with E-state index in [0.717, 1.165) is 29.6 Å². The second-order valence-corrected chi connectivity index (χ2v) is 4.23. The fraction of sp³-hybridized carbons (Fsp3) is 0.455. The predicted molar refractivity (Wildman–Crippen MR) is 61.0 cm³/mol. The molecule has 0 bridgehead atoms. The summed E-state index contributed by atoms with van der Waals surface area (Å²) < 4.78 is 0.746. The number of nitrogens with one attached hydrogen (secondary N) is 1. The first kappa shape index (κ1) is 10.4. The number of aromatic nitrogens is 1. The SMILES string of the molecule is CC(=O)N1CCCC1c1ccc[nH]c1=S. The molecule has 1 aliphatic heterocycles. The van der Waals surface area contributed by atoms with Gasteiger partial charge in [0.15, 0.2) is 0 Å². The van der Waals surface area contributed by atoms with Crippen LogP contribution in [0.25, 0.3) is 0 Å². The van der Waals surface area contributed by atoms with Gasteiger partial charge in [0, 0.05) is 25.2 Å². The lowest BCUT2D eigenvalue weighted by molar-refractivity contribution is -0.129. The molecule has 3 nitrogen and oxygen atoms in total. The molecule has 1 fully saturated rings. The van der Waals surface area contributed by atoms with Crippen LogP contribution in [0.2, 0.25) is 0 Å². The van der Waals surface area contributed by atoms with Crippen LogP contribution in [-0.2, 0) is 4.79 Å². The Balaban J connectivity index is 2.35. The van der Waals surface area contributed by atoms with Crippen molar-refractivity contribution in [2.45, 2.75) is 25.8 Å². The lowest BCUT2D eigenvalue weighted by atomic mass is 10.1. The zero-order valence-electron chi connectivity index (χ0n) is 8.69. The molecule has 1 unspecified atom stereocenters. The normalized spacial score (nSPS) is 20.6. The Labute approximate surface area is 94.1 Å². The zero-order chi connectivity index (χ0) is 10.8. The highest BCUT2D eigenvalue weighted by Crippen LogP contribution is 2.31. The quantitative estimate of drug-likeness (QED) is 0.741. The third-order valence-electron chi connectivity index (χ3n) is 2.86. The number of rotatable bonds is 1. The van der Waals surface area contributed by atoms with E-state index in [1.807, 2.05) is 23.2 Å². The first-order valence-corrected chi connectivity index (χ1v) is 5.56. The summed E-state index contributed by atoms with van der Waals surface area (Å²) >= 11 is 5.23. The third-order valence-corrected chi connectivity index (χ3v) is 3.22. The fourth-order valence-electron chi connectivity index (χ4n) is 2.16. The monoisotopic (exact) mass is 222 g/mol. The second kappa shape index (κ2) is 4.14. The molecule has 2 heterocycles. The van der Waals surface area contributed by atoms with E-state index in [9.17, 15) is 4.79 Å². The molecule has 1 aromatic rings. The highest BCUT2D eigenvalue weighted by molar-refractivity contribution is 7.71. The Hall–Kier alpha value is -1.16. The van der Waals surface area contributed by atoms with Crippen LogP contribution >= 0.6 is 12.2 Å². The van der Waals surface area contributed by atoms with Gasteiger partial charge in [0.05, 0.1) is 6.04 Å². The topological polar surface area (TPSA) is 36.1 Å². The highest BCUT2D eigenvalue weighted by atomic mass is 32.1. The number of aromatic amines is 1. The minimum absolute atomic E-state index is 0.135. The van der Waals surface area contributed by atoms with Crippen molar-refractivity contribution in [2.75, 3.05) is 6.54 Å². The molecule has 0 saturated carbocycles. The van der Waals surface area contributed by atoms with Crippen molar-refractivity contribution in [3.63, 3.8) is 0 Å². The van der Waals surface area contributed by atoms with Gasteiger partial charge in [-0.15, -0.1) is 0 Å². The van der Waals surface area contributed by atoms with Gasteiger partial charge >= 0.3 is 0 Å². The number of H-pyrrole nitrogens is 1. The van der Waals surface area contributed by atoms with Gasteiger partial charge in [-0.05, 0) is 18.9 Å². The Morgan fingerprint density at radius 3 is 3.13 bits per heavy atom. The van der Waals surface area contributed by atoms with Crippen LogP contribution < -0.4 is 0 Å². The van der Waals surface area contributed by atoms with Gasteiger partial charge in [-0.2, -0.15) is 0 Å². The standard InChI is InChI=1S/C11H14N2OS/c1-8(14)13-7-3-5-10(13)9-4-2-6-12-11(9)15/h2,4,6,10H,3,5,7H2,1H3,(H,12,15). The van der Waals surface area contributed by atoms with Crippen molar-refractivity contribution in [3.05, 3.63) is 28.5 Å². The molecule has 1 aliphatic rings. The smallest absolute Gasteiger partial charge is 0.219 e. The maximum atomic E-state index is 11.4. The summed E-state index contributed by atoms with van der Waals surface area (Å²) in [5.74, 6) is 0.135. The minimum Gasteiger partial charge on any atom is -0.353 e. The largest absolute Gasteiger partial charge is 0.353 e. The highest BCUT2D eigenvalue weighted by Gasteiger charge is 2.28. The summed E-state index contributed by atoms with van der Waals surface area (Å²) in [6.07, 6.45) is 3.90. The van der Waals surface area contributed by atoms with Gasteiger partial charge in [-0.3, -0.25) is 4.79 Å². The Morgan fingerprint density at radius 2 is 2.47 bits per heavy atom. The van der Waals surface area contributed by atoms with E-state index in [0.29, 0.717) is 0 Å². The number of likely N-dealkylation sites (tertiary alicyclic amines) is 1. The number of pyridine rings is 1. The first-order chi connectivity index (χ1) is 7.20. The van der Waals surface area contributed by atoms with Crippen molar-refractivity contribution in [1.29, 1.82) is 0 Å². The first-order valence-electron chi connectivity index (χ1n) is 5.15. The van der Waals surface area contributed by atoms with Crippen molar-refractivity contribution in [1.82, 2.24) is 9.88 Å². The number of carbonyl (C=O) groups is 1. The molecule has 1 N–H and O–H groups in total. The number of amides is 1. The van der Waals surface area contributed by atoms with E-state index in [-0.39, 0.29) is 11.9 Å². The van der Waals surface area contributed by atoms with E-state index >= 15 is 0 Å². The lowest BCUT2D eigenvalue weighted by Gasteiger charge is -2.23. The van der Waals surface area contributed by atoms with Crippen LogP contribution in [0.1, 0.15) is 31.4 Å². The van der Waals surface area contributed by atoms with Crippen molar-refractivity contribution < 1.29 is 4.79 Å². The van der Waals surface area contributed by atoms with E-state index in [2.05, 4.69) is 4.98 Å². The summed E-state index contributed by atoms with van der Waals surface area (Å²) in [7, 11) is 0. The number of hydrogen-bond donors (Lipinski definition) is 1. The van der Waals surface area contributed by atoms with E-state index in [4.69, 9.17) is 12.2 Å². The summed E-state index contributed by atoms with van der Waals surface area (Å²) in [5, 5.41) is 0. The average Bonchev–Trinajstić information content (AvgIpc) is 2.67.